The van der Waals surface area contributed by atoms with Gasteiger partial charge in [-0.1, -0.05) is 18.2 Å². The average Bonchev–Trinajstić information content (AvgIpc) is 3.39. The molecular weight excluding hydrogens is 576 g/mol. The van der Waals surface area contributed by atoms with E-state index in [9.17, 15) is 33.1 Å². The lowest BCUT2D eigenvalue weighted by atomic mass is 10.1. The molecule has 4 aromatic rings. The van der Waals surface area contributed by atoms with Crippen LogP contribution < -0.4 is 20.9 Å². The Balaban J connectivity index is 1.46. The minimum atomic E-state index is -1.41. The van der Waals surface area contributed by atoms with E-state index in [0.29, 0.717) is 17.0 Å². The first kappa shape index (κ1) is 31.5. The molecule has 0 aliphatic carbocycles. The van der Waals surface area contributed by atoms with E-state index in [1.165, 1.54) is 33.9 Å². The number of nitrogens with one attached hydrogen (secondary N) is 3. The Morgan fingerprint density at radius 3 is 2.64 bits per heavy atom. The molecule has 3 amide bonds. The number of carbonyl (C=O) groups excluding carboxylic acids is 2. The number of pyridine rings is 1. The van der Waals surface area contributed by atoms with Crippen molar-refractivity contribution in [3.05, 3.63) is 106 Å². The van der Waals surface area contributed by atoms with Gasteiger partial charge in [0.2, 0.25) is 11.8 Å². The van der Waals surface area contributed by atoms with Crippen LogP contribution in [-0.4, -0.2) is 57.6 Å². The summed E-state index contributed by atoms with van der Waals surface area (Å²) in [4.78, 5) is 53.7. The normalized spacial score (nSPS) is 11.8. The molecule has 1 atom stereocenters. The van der Waals surface area contributed by atoms with Crippen LogP contribution in [0.15, 0.2) is 77.7 Å². The number of aromatic nitrogens is 2. The zero-order valence-corrected chi connectivity index (χ0v) is 24.0. The SMILES string of the molecule is CN(C)C(=O)C=CCCC(NC(=O)O)C(=O)Nc1cccn(Cc2cc3cccc(OCc4ccc(F)cc4F)c3[nH]2)c1=O. The van der Waals surface area contributed by atoms with Gasteiger partial charge in [0.15, 0.2) is 0 Å². The van der Waals surface area contributed by atoms with E-state index in [-0.39, 0.29) is 43.2 Å². The maximum absolute atomic E-state index is 14.1. The number of para-hydroxylation sites is 1. The van der Waals surface area contributed by atoms with Gasteiger partial charge < -0.3 is 34.9 Å². The first-order chi connectivity index (χ1) is 21.0. The summed E-state index contributed by atoms with van der Waals surface area (Å²) in [5.74, 6) is -1.93. The molecule has 230 valence electrons. The highest BCUT2D eigenvalue weighted by Crippen LogP contribution is 2.27. The molecular formula is C31H31F2N5O6. The lowest BCUT2D eigenvalue weighted by Gasteiger charge is -2.16. The van der Waals surface area contributed by atoms with Crippen molar-refractivity contribution in [2.75, 3.05) is 19.4 Å². The van der Waals surface area contributed by atoms with E-state index in [4.69, 9.17) is 4.74 Å². The Bertz CT molecular complexity index is 1760. The van der Waals surface area contributed by atoms with E-state index in [2.05, 4.69) is 15.6 Å². The van der Waals surface area contributed by atoms with Crippen molar-refractivity contribution in [3.63, 3.8) is 0 Å². The molecule has 0 bridgehead atoms. The molecule has 11 nitrogen and oxygen atoms in total. The van der Waals surface area contributed by atoms with Crippen molar-refractivity contribution in [3.8, 4) is 5.75 Å². The smallest absolute Gasteiger partial charge is 0.405 e. The standard InChI is InChI=1S/C31H31F2N5O6/c1-37(2)27(39)11-4-3-8-24(36-31(42)43)29(40)35-25-9-6-14-38(30(25)41)17-22-15-19-7-5-10-26(28(19)34-22)44-18-20-12-13-21(32)16-23(20)33/h4-7,9-16,24,34,36H,3,8,17-18H2,1-2H3,(H,35,40)(H,42,43). The molecule has 44 heavy (non-hydrogen) atoms. The molecule has 1 unspecified atom stereocenters. The van der Waals surface area contributed by atoms with Crippen LogP contribution in [0.25, 0.3) is 10.9 Å². The number of nitrogens with zero attached hydrogens (tertiary/aromatic N) is 2. The van der Waals surface area contributed by atoms with Crippen LogP contribution in [0.2, 0.25) is 0 Å². The molecule has 2 aromatic heterocycles. The van der Waals surface area contributed by atoms with Gasteiger partial charge in [0.25, 0.3) is 5.56 Å². The van der Waals surface area contributed by atoms with Gasteiger partial charge in [0.1, 0.15) is 35.7 Å². The van der Waals surface area contributed by atoms with Crippen LogP contribution >= 0.6 is 0 Å². The fourth-order valence-electron chi connectivity index (χ4n) is 4.36. The lowest BCUT2D eigenvalue weighted by molar-refractivity contribution is -0.123. The molecule has 2 aromatic carbocycles. The van der Waals surface area contributed by atoms with Crippen molar-refractivity contribution in [1.29, 1.82) is 0 Å². The number of hydrogen-bond donors (Lipinski definition) is 4. The Morgan fingerprint density at radius 1 is 1.11 bits per heavy atom. The van der Waals surface area contributed by atoms with Gasteiger partial charge in [0.05, 0.1) is 12.1 Å². The van der Waals surface area contributed by atoms with Crippen LogP contribution in [0, 0.1) is 11.6 Å². The molecule has 4 rings (SSSR count). The predicted octanol–water partition coefficient (Wildman–Crippen LogP) is 4.23. The molecule has 13 heteroatoms. The molecule has 0 aliphatic heterocycles. The molecule has 0 saturated heterocycles. The molecule has 0 fully saturated rings. The van der Waals surface area contributed by atoms with E-state index in [1.807, 2.05) is 12.1 Å². The number of fused-ring (bicyclic) bond motifs is 1. The first-order valence-electron chi connectivity index (χ1n) is 13.6. The number of amides is 3. The Kier molecular flexibility index (Phi) is 10.1. The third-order valence-electron chi connectivity index (χ3n) is 6.63. The highest BCUT2D eigenvalue weighted by molar-refractivity contribution is 5.96. The van der Waals surface area contributed by atoms with Crippen LogP contribution in [0.5, 0.6) is 5.75 Å². The first-order valence-corrected chi connectivity index (χ1v) is 13.6. The number of carbonyl (C=O) groups is 3. The van der Waals surface area contributed by atoms with Crippen molar-refractivity contribution in [2.24, 2.45) is 0 Å². The molecule has 2 heterocycles. The number of aromatic amines is 1. The third kappa shape index (κ3) is 8.09. The summed E-state index contributed by atoms with van der Waals surface area (Å²) in [6, 6.07) is 12.2. The highest BCUT2D eigenvalue weighted by Gasteiger charge is 2.21. The van der Waals surface area contributed by atoms with Gasteiger partial charge in [-0.05, 0) is 55.3 Å². The van der Waals surface area contributed by atoms with E-state index in [0.717, 1.165) is 17.5 Å². The minimum Gasteiger partial charge on any atom is -0.487 e. The summed E-state index contributed by atoms with van der Waals surface area (Å²) in [6.07, 6.45) is 3.30. The number of H-pyrrole nitrogens is 1. The molecule has 0 radical (unpaired) electrons. The largest absolute Gasteiger partial charge is 0.487 e. The number of rotatable bonds is 12. The Morgan fingerprint density at radius 2 is 1.91 bits per heavy atom. The summed E-state index contributed by atoms with van der Waals surface area (Å²) in [6.45, 7) is -0.0201. The number of likely N-dealkylation sites (N-methyl/N-ethyl adjacent to an activating group) is 1. The molecule has 0 aliphatic rings. The second-order valence-electron chi connectivity index (χ2n) is 10.1. The van der Waals surface area contributed by atoms with E-state index in [1.54, 1.807) is 38.4 Å². The average molecular weight is 608 g/mol. The van der Waals surface area contributed by atoms with Gasteiger partial charge in [-0.25, -0.2) is 13.6 Å². The summed E-state index contributed by atoms with van der Waals surface area (Å²) in [7, 11) is 3.18. The predicted molar refractivity (Wildman–Crippen MR) is 159 cm³/mol. The Hall–Kier alpha value is -5.46. The summed E-state index contributed by atoms with van der Waals surface area (Å²) in [5, 5.41) is 14.6. The monoisotopic (exact) mass is 607 g/mol. The van der Waals surface area contributed by atoms with Gasteiger partial charge in [0, 0.05) is 43.0 Å². The van der Waals surface area contributed by atoms with Crippen molar-refractivity contribution in [2.45, 2.75) is 32.0 Å². The lowest BCUT2D eigenvalue weighted by Crippen LogP contribution is -2.44. The van der Waals surface area contributed by atoms with Crippen LogP contribution in [0.3, 0.4) is 0 Å². The van der Waals surface area contributed by atoms with Crippen LogP contribution in [0.1, 0.15) is 24.1 Å². The van der Waals surface area contributed by atoms with Gasteiger partial charge in [-0.2, -0.15) is 0 Å². The minimum absolute atomic E-state index is 0.0468. The fraction of sp³-hybridized carbons (Fsp3) is 0.226. The van der Waals surface area contributed by atoms with Gasteiger partial charge >= 0.3 is 6.09 Å². The fourth-order valence-corrected chi connectivity index (χ4v) is 4.36. The molecule has 0 saturated carbocycles. The number of anilines is 1. The Labute approximate surface area is 250 Å². The number of allylic oxidation sites excluding steroid dienone is 1. The van der Waals surface area contributed by atoms with E-state index < -0.39 is 35.2 Å². The second-order valence-corrected chi connectivity index (χ2v) is 10.1. The number of halogens is 2. The molecule has 0 spiro atoms. The zero-order chi connectivity index (χ0) is 31.8. The highest BCUT2D eigenvalue weighted by atomic mass is 19.1. The van der Waals surface area contributed by atoms with Crippen LogP contribution in [-0.2, 0) is 22.7 Å². The summed E-state index contributed by atoms with van der Waals surface area (Å²) < 4.78 is 34.4. The topological polar surface area (TPSA) is 146 Å². The third-order valence-corrected chi connectivity index (χ3v) is 6.63. The number of hydrogen-bond acceptors (Lipinski definition) is 5. The van der Waals surface area contributed by atoms with Crippen molar-refractivity contribution >= 4 is 34.5 Å². The van der Waals surface area contributed by atoms with E-state index >= 15 is 0 Å². The van der Waals surface area contributed by atoms with Crippen molar-refractivity contribution in [1.82, 2.24) is 19.8 Å². The maximum Gasteiger partial charge on any atom is 0.405 e. The maximum atomic E-state index is 14.1. The summed E-state index contributed by atoms with van der Waals surface area (Å²) >= 11 is 0. The van der Waals surface area contributed by atoms with Gasteiger partial charge in [-0.3, -0.25) is 14.4 Å². The zero-order valence-electron chi connectivity index (χ0n) is 24.0. The number of benzene rings is 2. The second kappa shape index (κ2) is 14.1. The van der Waals surface area contributed by atoms with Crippen molar-refractivity contribution < 1.29 is 33.0 Å². The molecule has 4 N–H and O–H groups in total. The number of ether oxygens (including phenoxy) is 1. The summed E-state index contributed by atoms with van der Waals surface area (Å²) in [5.41, 5.74) is 0.880. The number of carboxylic acid groups (broad SMARTS) is 1. The van der Waals surface area contributed by atoms with Gasteiger partial charge in [-0.15, -0.1) is 0 Å². The quantitative estimate of drug-likeness (QED) is 0.177. The van der Waals surface area contributed by atoms with Crippen LogP contribution in [0.4, 0.5) is 19.3 Å².